The van der Waals surface area contributed by atoms with E-state index in [-0.39, 0.29) is 10.7 Å². The summed E-state index contributed by atoms with van der Waals surface area (Å²) in [6.07, 6.45) is -3.14. The minimum Gasteiger partial charge on any atom is -0.317 e. The second-order valence-electron chi connectivity index (χ2n) is 4.06. The molecule has 20 heavy (non-hydrogen) atoms. The highest BCUT2D eigenvalue weighted by molar-refractivity contribution is 5.48. The molecule has 0 aliphatic heterocycles. The first-order valence-electron chi connectivity index (χ1n) is 5.48. The van der Waals surface area contributed by atoms with E-state index in [1.54, 1.807) is 0 Å². The Bertz CT molecular complexity index is 845. The van der Waals surface area contributed by atoms with Gasteiger partial charge < -0.3 is 9.97 Å². The van der Waals surface area contributed by atoms with Gasteiger partial charge in [-0.25, -0.2) is 0 Å². The van der Waals surface area contributed by atoms with Crippen LogP contribution in [0.1, 0.15) is 11.1 Å². The molecule has 2 rings (SSSR count). The maximum Gasteiger partial charge on any atom is 0.416 e. The molecule has 0 fully saturated rings. The summed E-state index contributed by atoms with van der Waals surface area (Å²) in [5.74, 6) is 0. The standard InChI is InChI=1S/C13H9F3N2O2/c1-7-11(19)18-10(12(20)17-7)6-8-2-4-9(5-3-8)13(14,15)16/h2-6H,1H2,(H,17,20)(H,18,19)/b10-6-. The van der Waals surface area contributed by atoms with Crippen LogP contribution in [0.15, 0.2) is 33.9 Å². The van der Waals surface area contributed by atoms with Gasteiger partial charge >= 0.3 is 6.18 Å². The highest BCUT2D eigenvalue weighted by atomic mass is 19.4. The number of halogens is 3. The van der Waals surface area contributed by atoms with Gasteiger partial charge in [-0.2, -0.15) is 13.2 Å². The minimum absolute atomic E-state index is 0.0536. The monoisotopic (exact) mass is 282 g/mol. The van der Waals surface area contributed by atoms with Crippen LogP contribution in [-0.4, -0.2) is 9.97 Å². The lowest BCUT2D eigenvalue weighted by Crippen LogP contribution is -2.46. The number of hydrogen-bond acceptors (Lipinski definition) is 2. The Morgan fingerprint density at radius 2 is 1.60 bits per heavy atom. The smallest absolute Gasteiger partial charge is 0.317 e. The van der Waals surface area contributed by atoms with Crippen molar-refractivity contribution in [2.45, 2.75) is 6.18 Å². The highest BCUT2D eigenvalue weighted by Crippen LogP contribution is 2.29. The molecule has 0 bridgehead atoms. The largest absolute Gasteiger partial charge is 0.416 e. The Morgan fingerprint density at radius 3 is 2.15 bits per heavy atom. The molecule has 2 N–H and O–H groups in total. The van der Waals surface area contributed by atoms with E-state index in [9.17, 15) is 22.8 Å². The second-order valence-corrected chi connectivity index (χ2v) is 4.06. The molecule has 0 unspecified atom stereocenters. The molecule has 0 radical (unpaired) electrons. The topological polar surface area (TPSA) is 65.7 Å². The molecule has 0 amide bonds. The van der Waals surface area contributed by atoms with Gasteiger partial charge in [-0.15, -0.1) is 0 Å². The SMILES string of the molecule is C=c1[nH]c(=O)/c(=C/c2ccc(C(F)(F)F)cc2)[nH]c1=O. The quantitative estimate of drug-likeness (QED) is 0.791. The van der Waals surface area contributed by atoms with Gasteiger partial charge in [0.15, 0.2) is 0 Å². The molecule has 0 saturated carbocycles. The van der Waals surface area contributed by atoms with Gasteiger partial charge in [-0.05, 0) is 23.8 Å². The fraction of sp³-hybridized carbons (Fsp3) is 0.0769. The van der Waals surface area contributed by atoms with Crippen LogP contribution in [0.25, 0.3) is 12.7 Å². The third kappa shape index (κ3) is 2.87. The second kappa shape index (κ2) is 4.84. The van der Waals surface area contributed by atoms with Crippen LogP contribution in [0.5, 0.6) is 0 Å². The van der Waals surface area contributed by atoms with Crippen molar-refractivity contribution in [2.75, 3.05) is 0 Å². The highest BCUT2D eigenvalue weighted by Gasteiger charge is 2.29. The van der Waals surface area contributed by atoms with Crippen LogP contribution >= 0.6 is 0 Å². The molecule has 1 aromatic carbocycles. The normalized spacial score (nSPS) is 12.7. The van der Waals surface area contributed by atoms with Gasteiger partial charge in [-0.3, -0.25) is 9.59 Å². The molecule has 0 aliphatic rings. The van der Waals surface area contributed by atoms with E-state index in [4.69, 9.17) is 0 Å². The molecule has 2 aromatic rings. The predicted molar refractivity (Wildman–Crippen MR) is 67.5 cm³/mol. The Kier molecular flexibility index (Phi) is 3.35. The fourth-order valence-electron chi connectivity index (χ4n) is 1.55. The van der Waals surface area contributed by atoms with E-state index in [2.05, 4.69) is 16.5 Å². The molecule has 0 atom stereocenters. The number of benzene rings is 1. The Balaban J connectivity index is 2.52. The summed E-state index contributed by atoms with van der Waals surface area (Å²) in [5, 5.41) is -0.137. The number of rotatable bonds is 1. The zero-order chi connectivity index (χ0) is 14.9. The van der Waals surface area contributed by atoms with E-state index in [1.807, 2.05) is 0 Å². The number of H-pyrrole nitrogens is 2. The lowest BCUT2D eigenvalue weighted by atomic mass is 10.1. The summed E-state index contributed by atoms with van der Waals surface area (Å²) >= 11 is 0. The van der Waals surface area contributed by atoms with Gasteiger partial charge in [-0.1, -0.05) is 18.7 Å². The maximum atomic E-state index is 12.4. The summed E-state index contributed by atoms with van der Waals surface area (Å²) in [7, 11) is 0. The van der Waals surface area contributed by atoms with Crippen LogP contribution in [0.4, 0.5) is 13.2 Å². The predicted octanol–water partition coefficient (Wildman–Crippen LogP) is 0.321. The van der Waals surface area contributed by atoms with Gasteiger partial charge in [0.1, 0.15) is 5.35 Å². The van der Waals surface area contributed by atoms with E-state index in [0.29, 0.717) is 5.56 Å². The van der Waals surface area contributed by atoms with Gasteiger partial charge in [0, 0.05) is 0 Å². The number of hydrogen-bond donors (Lipinski definition) is 2. The van der Waals surface area contributed by atoms with Crippen molar-refractivity contribution in [2.24, 2.45) is 0 Å². The first kappa shape index (κ1) is 13.9. The van der Waals surface area contributed by atoms with Crippen molar-refractivity contribution >= 4 is 12.7 Å². The Labute approximate surface area is 109 Å². The molecule has 1 aromatic heterocycles. The number of aromatic amines is 2. The van der Waals surface area contributed by atoms with Crippen LogP contribution < -0.4 is 21.8 Å². The summed E-state index contributed by atoms with van der Waals surface area (Å²) in [6, 6.07) is 4.21. The van der Waals surface area contributed by atoms with E-state index in [1.165, 1.54) is 18.2 Å². The van der Waals surface area contributed by atoms with Crippen LogP contribution in [0, 0.1) is 0 Å². The first-order valence-corrected chi connectivity index (χ1v) is 5.48. The maximum absolute atomic E-state index is 12.4. The van der Waals surface area contributed by atoms with Crippen molar-refractivity contribution in [1.82, 2.24) is 9.97 Å². The van der Waals surface area contributed by atoms with Crippen LogP contribution in [0.2, 0.25) is 0 Å². The molecule has 1 heterocycles. The van der Waals surface area contributed by atoms with Crippen LogP contribution in [-0.2, 0) is 6.18 Å². The molecule has 0 aliphatic carbocycles. The molecule has 4 nitrogen and oxygen atoms in total. The Morgan fingerprint density at radius 1 is 1.00 bits per heavy atom. The lowest BCUT2D eigenvalue weighted by molar-refractivity contribution is -0.137. The number of aromatic nitrogens is 2. The van der Waals surface area contributed by atoms with Crippen molar-refractivity contribution < 1.29 is 13.2 Å². The molecular formula is C13H9F3N2O2. The van der Waals surface area contributed by atoms with Crippen LogP contribution in [0.3, 0.4) is 0 Å². The average molecular weight is 282 g/mol. The third-order valence-corrected chi connectivity index (χ3v) is 2.58. The zero-order valence-electron chi connectivity index (χ0n) is 10.0. The van der Waals surface area contributed by atoms with E-state index < -0.39 is 22.9 Å². The van der Waals surface area contributed by atoms with Crippen molar-refractivity contribution in [3.8, 4) is 0 Å². The van der Waals surface area contributed by atoms with E-state index in [0.717, 1.165) is 12.1 Å². The average Bonchev–Trinajstić information content (AvgIpc) is 2.35. The summed E-state index contributed by atoms with van der Waals surface area (Å²) in [6.45, 7) is 3.33. The fourth-order valence-corrected chi connectivity index (χ4v) is 1.55. The van der Waals surface area contributed by atoms with Crippen molar-refractivity contribution in [1.29, 1.82) is 0 Å². The Hall–Kier alpha value is -2.57. The van der Waals surface area contributed by atoms with Gasteiger partial charge in [0.2, 0.25) is 0 Å². The minimum atomic E-state index is -4.42. The van der Waals surface area contributed by atoms with E-state index >= 15 is 0 Å². The first-order chi connectivity index (χ1) is 9.27. The third-order valence-electron chi connectivity index (χ3n) is 2.58. The summed E-state index contributed by atoms with van der Waals surface area (Å²) < 4.78 is 37.2. The molecule has 104 valence electrons. The van der Waals surface area contributed by atoms with Crippen molar-refractivity contribution in [3.05, 3.63) is 66.8 Å². The molecular weight excluding hydrogens is 273 g/mol. The molecule has 7 heteroatoms. The lowest BCUT2D eigenvalue weighted by Gasteiger charge is -2.05. The number of alkyl halides is 3. The van der Waals surface area contributed by atoms with Gasteiger partial charge in [0.05, 0.1) is 10.9 Å². The zero-order valence-corrected chi connectivity index (χ0v) is 10.0. The summed E-state index contributed by atoms with van der Waals surface area (Å²) in [5.41, 5.74) is -1.57. The molecule has 0 spiro atoms. The summed E-state index contributed by atoms with van der Waals surface area (Å²) in [4.78, 5) is 27.4. The number of nitrogens with one attached hydrogen (secondary N) is 2. The van der Waals surface area contributed by atoms with Crippen molar-refractivity contribution in [3.63, 3.8) is 0 Å². The van der Waals surface area contributed by atoms with Gasteiger partial charge in [0.25, 0.3) is 11.1 Å². The molecule has 0 saturated heterocycles.